The molecule has 0 bridgehead atoms. The molecular formula is C14H25NO6S. The van der Waals surface area contributed by atoms with Gasteiger partial charge in [0.05, 0.1) is 30.5 Å². The highest BCUT2D eigenvalue weighted by Gasteiger charge is 2.47. The summed E-state index contributed by atoms with van der Waals surface area (Å²) in [5, 5.41) is 50.4. The topological polar surface area (TPSA) is 130 Å². The molecule has 1 saturated carbocycles. The molecular weight excluding hydrogens is 310 g/mol. The Morgan fingerprint density at radius 3 is 2.50 bits per heavy atom. The molecule has 1 saturated heterocycles. The molecule has 0 aromatic heterocycles. The van der Waals surface area contributed by atoms with Crippen molar-refractivity contribution >= 4 is 17.7 Å². The van der Waals surface area contributed by atoms with E-state index in [0.29, 0.717) is 6.54 Å². The van der Waals surface area contributed by atoms with Crippen LogP contribution in [0.1, 0.15) is 25.7 Å². The van der Waals surface area contributed by atoms with E-state index in [9.17, 15) is 25.2 Å². The predicted molar refractivity (Wildman–Crippen MR) is 81.7 cm³/mol. The summed E-state index contributed by atoms with van der Waals surface area (Å²) in [5.41, 5.74) is 0. The summed E-state index contributed by atoms with van der Waals surface area (Å²) in [4.78, 5) is 10.5. The predicted octanol–water partition coefficient (Wildman–Crippen LogP) is -1.22. The summed E-state index contributed by atoms with van der Waals surface area (Å²) in [7, 11) is 0. The molecule has 1 heterocycles. The van der Waals surface area contributed by atoms with Crippen LogP contribution >= 0.6 is 11.8 Å². The van der Waals surface area contributed by atoms with E-state index >= 15 is 0 Å². The number of aliphatic hydroxyl groups is 4. The second kappa shape index (κ2) is 7.94. The minimum absolute atomic E-state index is 0.0828. The number of aliphatic hydroxyl groups excluding tert-OH is 4. The average Bonchev–Trinajstić information content (AvgIpc) is 2.93. The van der Waals surface area contributed by atoms with Gasteiger partial charge >= 0.3 is 5.97 Å². The second-order valence-electron chi connectivity index (χ2n) is 6.16. The Bertz CT molecular complexity index is 382. The van der Waals surface area contributed by atoms with Gasteiger partial charge in [0.25, 0.3) is 0 Å². The van der Waals surface area contributed by atoms with E-state index in [0.717, 1.165) is 19.3 Å². The van der Waals surface area contributed by atoms with Crippen molar-refractivity contribution < 1.29 is 30.3 Å². The van der Waals surface area contributed by atoms with Gasteiger partial charge in [-0.3, -0.25) is 4.79 Å². The Kier molecular flexibility index (Phi) is 6.48. The SMILES string of the molecule is O=C(O)CCNC1CCC([C@H]2S[C@@H](CO)[C@H](O)[C@H](O)[C@H]2O)C1. The van der Waals surface area contributed by atoms with Crippen molar-refractivity contribution in [1.29, 1.82) is 0 Å². The maximum atomic E-state index is 10.5. The van der Waals surface area contributed by atoms with Gasteiger partial charge < -0.3 is 30.8 Å². The minimum atomic E-state index is -1.23. The molecule has 2 rings (SSSR count). The van der Waals surface area contributed by atoms with Crippen LogP contribution < -0.4 is 5.32 Å². The highest BCUT2D eigenvalue weighted by Crippen LogP contribution is 2.42. The number of carboxylic acids is 1. The molecule has 6 N–H and O–H groups in total. The number of thioether (sulfide) groups is 1. The summed E-state index contributed by atoms with van der Waals surface area (Å²) < 4.78 is 0. The zero-order valence-electron chi connectivity index (χ0n) is 12.3. The van der Waals surface area contributed by atoms with Crippen molar-refractivity contribution in [3.63, 3.8) is 0 Å². The van der Waals surface area contributed by atoms with Gasteiger partial charge in [-0.05, 0) is 25.2 Å². The number of nitrogens with one attached hydrogen (secondary N) is 1. The maximum Gasteiger partial charge on any atom is 0.304 e. The fourth-order valence-corrected chi connectivity index (χ4v) is 5.01. The summed E-state index contributed by atoms with van der Waals surface area (Å²) in [6, 6.07) is 0.216. The normalized spacial score (nSPS) is 42.5. The zero-order chi connectivity index (χ0) is 16.3. The van der Waals surface area contributed by atoms with Crippen molar-refractivity contribution in [3.05, 3.63) is 0 Å². The van der Waals surface area contributed by atoms with E-state index < -0.39 is 29.5 Å². The van der Waals surface area contributed by atoms with Gasteiger partial charge in [-0.1, -0.05) is 0 Å². The molecule has 7 nitrogen and oxygen atoms in total. The van der Waals surface area contributed by atoms with Gasteiger partial charge in [0.15, 0.2) is 0 Å². The van der Waals surface area contributed by atoms with Crippen molar-refractivity contribution in [2.45, 2.75) is 60.5 Å². The minimum Gasteiger partial charge on any atom is -0.481 e. The van der Waals surface area contributed by atoms with Crippen LogP contribution in [0, 0.1) is 5.92 Å². The number of carbonyl (C=O) groups is 1. The van der Waals surface area contributed by atoms with Crippen molar-refractivity contribution in [3.8, 4) is 0 Å². The first-order chi connectivity index (χ1) is 10.4. The lowest BCUT2D eigenvalue weighted by Gasteiger charge is -2.42. The molecule has 0 spiro atoms. The summed E-state index contributed by atoms with van der Waals surface area (Å²) in [6.07, 6.45) is -0.703. The fourth-order valence-electron chi connectivity index (χ4n) is 3.40. The Balaban J connectivity index is 1.87. The van der Waals surface area contributed by atoms with Gasteiger partial charge in [-0.15, -0.1) is 11.8 Å². The lowest BCUT2D eigenvalue weighted by Crippen LogP contribution is -2.55. The van der Waals surface area contributed by atoms with Gasteiger partial charge in [0, 0.05) is 17.8 Å². The molecule has 0 amide bonds. The Morgan fingerprint density at radius 2 is 1.86 bits per heavy atom. The third-order valence-electron chi connectivity index (χ3n) is 4.64. The molecule has 1 aliphatic heterocycles. The standard InChI is InChI=1S/C14H25NO6S/c16-6-9-11(19)12(20)13(21)14(22-9)7-1-2-8(5-7)15-4-3-10(17)18/h7-9,11-16,19-21H,1-6H2,(H,17,18)/t7?,8?,9-,11-,12-,13+,14+/m0/s1. The molecule has 2 aliphatic rings. The Labute approximate surface area is 133 Å². The van der Waals surface area contributed by atoms with Crippen molar-refractivity contribution in [2.75, 3.05) is 13.2 Å². The van der Waals surface area contributed by atoms with Gasteiger partial charge in [0.2, 0.25) is 0 Å². The molecule has 22 heavy (non-hydrogen) atoms. The fraction of sp³-hybridized carbons (Fsp3) is 0.929. The van der Waals surface area contributed by atoms with Crippen LogP contribution in [0.4, 0.5) is 0 Å². The van der Waals surface area contributed by atoms with Crippen LogP contribution in [0.5, 0.6) is 0 Å². The van der Waals surface area contributed by atoms with Crippen LogP contribution in [-0.4, -0.2) is 79.5 Å². The number of rotatable bonds is 6. The smallest absolute Gasteiger partial charge is 0.304 e. The van der Waals surface area contributed by atoms with Crippen LogP contribution in [0.2, 0.25) is 0 Å². The monoisotopic (exact) mass is 335 g/mol. The van der Waals surface area contributed by atoms with Crippen LogP contribution in [0.15, 0.2) is 0 Å². The average molecular weight is 335 g/mol. The number of hydrogen-bond acceptors (Lipinski definition) is 7. The summed E-state index contributed by atoms with van der Waals surface area (Å²) >= 11 is 1.35. The Morgan fingerprint density at radius 1 is 1.14 bits per heavy atom. The van der Waals surface area contributed by atoms with Crippen molar-refractivity contribution in [1.82, 2.24) is 5.32 Å². The third kappa shape index (κ3) is 4.12. The molecule has 0 aromatic carbocycles. The first kappa shape index (κ1) is 18.0. The largest absolute Gasteiger partial charge is 0.481 e. The molecule has 1 aliphatic carbocycles. The number of carboxylic acid groups (broad SMARTS) is 1. The second-order valence-corrected chi connectivity index (χ2v) is 7.58. The zero-order valence-corrected chi connectivity index (χ0v) is 13.2. The van der Waals surface area contributed by atoms with E-state index in [-0.39, 0.29) is 30.2 Å². The first-order valence-corrected chi connectivity index (χ1v) is 8.64. The summed E-state index contributed by atoms with van der Waals surface area (Å²) in [6.45, 7) is 0.187. The molecule has 0 aromatic rings. The number of aliphatic carboxylic acids is 1. The van der Waals surface area contributed by atoms with E-state index in [1.54, 1.807) is 0 Å². The molecule has 7 atom stereocenters. The molecule has 2 fully saturated rings. The number of hydrogen-bond donors (Lipinski definition) is 6. The van der Waals surface area contributed by atoms with Crippen LogP contribution in [0.3, 0.4) is 0 Å². The molecule has 2 unspecified atom stereocenters. The van der Waals surface area contributed by atoms with E-state index in [4.69, 9.17) is 5.11 Å². The lowest BCUT2D eigenvalue weighted by atomic mass is 9.92. The highest BCUT2D eigenvalue weighted by atomic mass is 32.2. The first-order valence-electron chi connectivity index (χ1n) is 7.69. The van der Waals surface area contributed by atoms with Crippen LogP contribution in [0.25, 0.3) is 0 Å². The Hall–Kier alpha value is -0.380. The lowest BCUT2D eigenvalue weighted by molar-refractivity contribution is -0.136. The maximum absolute atomic E-state index is 10.5. The third-order valence-corrected chi connectivity index (χ3v) is 6.39. The van der Waals surface area contributed by atoms with Crippen LogP contribution in [-0.2, 0) is 4.79 Å². The molecule has 0 radical (unpaired) electrons. The molecule has 8 heteroatoms. The van der Waals surface area contributed by atoms with E-state index in [2.05, 4.69) is 5.32 Å². The van der Waals surface area contributed by atoms with Gasteiger partial charge in [-0.2, -0.15) is 0 Å². The highest BCUT2D eigenvalue weighted by molar-refractivity contribution is 8.00. The summed E-state index contributed by atoms with van der Waals surface area (Å²) in [5.74, 6) is -0.651. The van der Waals surface area contributed by atoms with Gasteiger partial charge in [-0.25, -0.2) is 0 Å². The van der Waals surface area contributed by atoms with E-state index in [1.165, 1.54) is 11.8 Å². The van der Waals surface area contributed by atoms with E-state index in [1.807, 2.05) is 0 Å². The van der Waals surface area contributed by atoms with Gasteiger partial charge in [0.1, 0.15) is 6.10 Å². The van der Waals surface area contributed by atoms with Crippen molar-refractivity contribution in [2.24, 2.45) is 5.92 Å². The molecule has 128 valence electrons. The quantitative estimate of drug-likeness (QED) is 0.356.